The first-order chi connectivity index (χ1) is 9.19. The van der Waals surface area contributed by atoms with Crippen LogP contribution in [0.4, 0.5) is 0 Å². The van der Waals surface area contributed by atoms with Crippen LogP contribution in [0, 0.1) is 0 Å². The van der Waals surface area contributed by atoms with E-state index >= 15 is 0 Å². The first-order valence-corrected chi connectivity index (χ1v) is 6.48. The van der Waals surface area contributed by atoms with Crippen molar-refractivity contribution in [1.29, 1.82) is 0 Å². The molecule has 0 aliphatic heterocycles. The molecule has 102 valence electrons. The summed E-state index contributed by atoms with van der Waals surface area (Å²) in [6.45, 7) is 6.13. The molecule has 19 heavy (non-hydrogen) atoms. The third kappa shape index (κ3) is 3.87. The van der Waals surface area contributed by atoms with E-state index in [0.717, 1.165) is 6.54 Å². The van der Waals surface area contributed by atoms with Gasteiger partial charge in [0.2, 0.25) is 5.89 Å². The van der Waals surface area contributed by atoms with E-state index in [1.54, 1.807) is 0 Å². The molecular formula is C14H20N4O. The lowest BCUT2D eigenvalue weighted by molar-refractivity contribution is 0.196. The molecule has 0 unspecified atom stereocenters. The summed E-state index contributed by atoms with van der Waals surface area (Å²) in [6.07, 6.45) is 0. The Labute approximate surface area is 113 Å². The topological polar surface area (TPSA) is 68.2 Å². The van der Waals surface area contributed by atoms with Crippen molar-refractivity contribution in [1.82, 2.24) is 15.0 Å². The van der Waals surface area contributed by atoms with Gasteiger partial charge in [-0.2, -0.15) is 4.98 Å². The monoisotopic (exact) mass is 260 g/mol. The number of nitrogens with zero attached hydrogens (tertiary/aromatic N) is 3. The van der Waals surface area contributed by atoms with Crippen molar-refractivity contribution >= 4 is 0 Å². The zero-order chi connectivity index (χ0) is 13.7. The average molecular weight is 260 g/mol. The quantitative estimate of drug-likeness (QED) is 0.859. The molecule has 0 bridgehead atoms. The molecule has 0 amide bonds. The third-order valence-electron chi connectivity index (χ3n) is 2.99. The molecule has 2 rings (SSSR count). The van der Waals surface area contributed by atoms with Gasteiger partial charge >= 0.3 is 0 Å². The van der Waals surface area contributed by atoms with E-state index in [9.17, 15) is 0 Å². The van der Waals surface area contributed by atoms with E-state index in [-0.39, 0.29) is 6.54 Å². The minimum Gasteiger partial charge on any atom is -0.338 e. The predicted molar refractivity (Wildman–Crippen MR) is 73.0 cm³/mol. The molecule has 0 saturated carbocycles. The Morgan fingerprint density at radius 1 is 1.21 bits per heavy atom. The normalized spacial score (nSPS) is 11.4. The van der Waals surface area contributed by atoms with E-state index < -0.39 is 0 Å². The van der Waals surface area contributed by atoms with Crippen molar-refractivity contribution in [2.24, 2.45) is 5.73 Å². The zero-order valence-corrected chi connectivity index (χ0v) is 11.4. The van der Waals surface area contributed by atoms with E-state index in [1.165, 1.54) is 5.56 Å². The van der Waals surface area contributed by atoms with Crippen LogP contribution in [0.15, 0.2) is 34.9 Å². The summed E-state index contributed by atoms with van der Waals surface area (Å²) in [6, 6.07) is 10.8. The smallest absolute Gasteiger partial charge is 0.240 e. The van der Waals surface area contributed by atoms with Crippen molar-refractivity contribution in [3.63, 3.8) is 0 Å². The van der Waals surface area contributed by atoms with Crippen molar-refractivity contribution < 1.29 is 4.52 Å². The summed E-state index contributed by atoms with van der Waals surface area (Å²) in [5.74, 6) is 1.17. The Morgan fingerprint density at radius 3 is 2.53 bits per heavy atom. The number of hydrogen-bond donors (Lipinski definition) is 1. The van der Waals surface area contributed by atoms with Gasteiger partial charge in [0.05, 0.1) is 13.1 Å². The van der Waals surface area contributed by atoms with Crippen LogP contribution in [0.2, 0.25) is 0 Å². The number of rotatable bonds is 6. The van der Waals surface area contributed by atoms with Gasteiger partial charge in [0.25, 0.3) is 0 Å². The lowest BCUT2D eigenvalue weighted by Crippen LogP contribution is -2.30. The minimum atomic E-state index is 0.285. The number of hydrogen-bond acceptors (Lipinski definition) is 5. The lowest BCUT2D eigenvalue weighted by Gasteiger charge is -2.24. The molecule has 5 nitrogen and oxygen atoms in total. The summed E-state index contributed by atoms with van der Waals surface area (Å²) in [4.78, 5) is 6.54. The fourth-order valence-corrected chi connectivity index (χ4v) is 1.86. The standard InChI is InChI=1S/C14H20N4O/c1-11(2)18(9-12-6-4-3-5-7-12)10-13-16-14(8-15)19-17-13/h3-7,11H,8-10,15H2,1-2H3. The Balaban J connectivity index is 2.04. The van der Waals surface area contributed by atoms with E-state index in [2.05, 4.69) is 53.2 Å². The van der Waals surface area contributed by atoms with Crippen LogP contribution in [-0.2, 0) is 19.6 Å². The maximum absolute atomic E-state index is 5.47. The first-order valence-electron chi connectivity index (χ1n) is 6.48. The van der Waals surface area contributed by atoms with Gasteiger partial charge in [-0.05, 0) is 19.4 Å². The van der Waals surface area contributed by atoms with Crippen LogP contribution in [0.5, 0.6) is 0 Å². The van der Waals surface area contributed by atoms with Gasteiger partial charge < -0.3 is 10.3 Å². The number of nitrogens with two attached hydrogens (primary N) is 1. The van der Waals surface area contributed by atoms with Gasteiger partial charge in [-0.25, -0.2) is 0 Å². The van der Waals surface area contributed by atoms with Crippen LogP contribution < -0.4 is 5.73 Å². The molecule has 0 aliphatic carbocycles. The van der Waals surface area contributed by atoms with E-state index in [4.69, 9.17) is 10.3 Å². The number of benzene rings is 1. The van der Waals surface area contributed by atoms with Gasteiger partial charge in [-0.15, -0.1) is 0 Å². The van der Waals surface area contributed by atoms with E-state index in [1.807, 2.05) is 6.07 Å². The van der Waals surface area contributed by atoms with Gasteiger partial charge in [0.1, 0.15) is 0 Å². The molecule has 1 heterocycles. The van der Waals surface area contributed by atoms with Crippen molar-refractivity contribution in [3.05, 3.63) is 47.6 Å². The summed E-state index contributed by atoms with van der Waals surface area (Å²) >= 11 is 0. The van der Waals surface area contributed by atoms with E-state index in [0.29, 0.717) is 24.3 Å². The summed E-state index contributed by atoms with van der Waals surface area (Å²) in [7, 11) is 0. The van der Waals surface area contributed by atoms with Crippen LogP contribution in [0.1, 0.15) is 31.1 Å². The maximum Gasteiger partial charge on any atom is 0.240 e. The highest BCUT2D eigenvalue weighted by molar-refractivity contribution is 5.14. The molecule has 0 saturated heterocycles. The van der Waals surface area contributed by atoms with Gasteiger partial charge in [0.15, 0.2) is 5.82 Å². The highest BCUT2D eigenvalue weighted by atomic mass is 16.5. The fourth-order valence-electron chi connectivity index (χ4n) is 1.86. The second kappa shape index (κ2) is 6.45. The average Bonchev–Trinajstić information content (AvgIpc) is 2.87. The predicted octanol–water partition coefficient (Wildman–Crippen LogP) is 1.94. The molecule has 2 N–H and O–H groups in total. The fraction of sp³-hybridized carbons (Fsp3) is 0.429. The second-order valence-electron chi connectivity index (χ2n) is 4.79. The van der Waals surface area contributed by atoms with Crippen LogP contribution in [0.25, 0.3) is 0 Å². The largest absolute Gasteiger partial charge is 0.338 e. The molecule has 1 aromatic heterocycles. The summed E-state index contributed by atoms with van der Waals surface area (Å²) < 4.78 is 5.03. The molecule has 1 aromatic carbocycles. The van der Waals surface area contributed by atoms with Crippen molar-refractivity contribution in [3.8, 4) is 0 Å². The molecule has 0 spiro atoms. The molecular weight excluding hydrogens is 240 g/mol. The highest BCUT2D eigenvalue weighted by Crippen LogP contribution is 2.11. The number of aromatic nitrogens is 2. The summed E-state index contributed by atoms with van der Waals surface area (Å²) in [5.41, 5.74) is 6.74. The van der Waals surface area contributed by atoms with Gasteiger partial charge in [-0.3, -0.25) is 4.90 Å². The Bertz CT molecular complexity index is 495. The summed E-state index contributed by atoms with van der Waals surface area (Å²) in [5, 5.41) is 3.94. The second-order valence-corrected chi connectivity index (χ2v) is 4.79. The highest BCUT2D eigenvalue weighted by Gasteiger charge is 2.14. The van der Waals surface area contributed by atoms with Crippen LogP contribution >= 0.6 is 0 Å². The minimum absolute atomic E-state index is 0.285. The first kappa shape index (κ1) is 13.7. The molecule has 5 heteroatoms. The SMILES string of the molecule is CC(C)N(Cc1ccccc1)Cc1noc(CN)n1. The third-order valence-corrected chi connectivity index (χ3v) is 2.99. The Morgan fingerprint density at radius 2 is 1.95 bits per heavy atom. The maximum atomic E-state index is 5.47. The molecule has 0 radical (unpaired) electrons. The molecule has 2 aromatic rings. The van der Waals surface area contributed by atoms with Gasteiger partial charge in [0, 0.05) is 12.6 Å². The molecule has 0 aliphatic rings. The lowest BCUT2D eigenvalue weighted by atomic mass is 10.2. The van der Waals surface area contributed by atoms with Gasteiger partial charge in [-0.1, -0.05) is 35.5 Å². The van der Waals surface area contributed by atoms with Crippen molar-refractivity contribution in [2.45, 2.75) is 39.5 Å². The molecule has 0 fully saturated rings. The Kier molecular flexibility index (Phi) is 4.65. The zero-order valence-electron chi connectivity index (χ0n) is 11.4. The van der Waals surface area contributed by atoms with Crippen LogP contribution in [0.3, 0.4) is 0 Å². The van der Waals surface area contributed by atoms with Crippen LogP contribution in [-0.4, -0.2) is 21.1 Å². The molecule has 0 atom stereocenters. The van der Waals surface area contributed by atoms with Crippen molar-refractivity contribution in [2.75, 3.05) is 0 Å². The Hall–Kier alpha value is -1.72.